The van der Waals surface area contributed by atoms with E-state index in [0.29, 0.717) is 11.6 Å². The molecule has 0 bridgehead atoms. The van der Waals surface area contributed by atoms with Crippen molar-refractivity contribution in [3.05, 3.63) is 60.5 Å². The topological polar surface area (TPSA) is 77.6 Å². The summed E-state index contributed by atoms with van der Waals surface area (Å²) in [4.78, 5) is 4.40. The summed E-state index contributed by atoms with van der Waals surface area (Å²) in [5.74, 6) is 1.99. The van der Waals surface area contributed by atoms with Crippen LogP contribution in [-0.2, 0) is 0 Å². The van der Waals surface area contributed by atoms with Gasteiger partial charge in [0.1, 0.15) is 17.1 Å². The fourth-order valence-electron chi connectivity index (χ4n) is 2.33. The summed E-state index contributed by atoms with van der Waals surface area (Å²) in [6.45, 7) is 3.27. The highest BCUT2D eigenvalue weighted by Gasteiger charge is 2.35. The van der Waals surface area contributed by atoms with Crippen LogP contribution in [0.3, 0.4) is 0 Å². The molecule has 0 amide bonds. The van der Waals surface area contributed by atoms with Crippen LogP contribution in [0.4, 0.5) is 0 Å². The minimum atomic E-state index is -1.21. The number of methoxy groups -OCH3 is 1. The third-order valence-corrected chi connectivity index (χ3v) is 3.65. The molecule has 1 aromatic heterocycles. The van der Waals surface area contributed by atoms with Crippen molar-refractivity contribution in [1.29, 1.82) is 0 Å². The molecule has 3 rings (SSSR count). The molecule has 0 spiro atoms. The summed E-state index contributed by atoms with van der Waals surface area (Å²) < 4.78 is 16.4. The maximum atomic E-state index is 10.5. The average Bonchev–Trinajstić information content (AvgIpc) is 3.09. The zero-order valence-electron chi connectivity index (χ0n) is 14.3. The van der Waals surface area contributed by atoms with Crippen LogP contribution in [0, 0.1) is 0 Å². The Morgan fingerprint density at radius 2 is 1.68 bits per heavy atom. The third-order valence-electron chi connectivity index (χ3n) is 3.65. The monoisotopic (exact) mass is 340 g/mol. The quantitative estimate of drug-likeness (QED) is 0.738. The molecule has 0 saturated heterocycles. The minimum absolute atomic E-state index is 0.210. The number of hydrogen-bond acceptors (Lipinski definition) is 6. The van der Waals surface area contributed by atoms with Gasteiger partial charge in [0.15, 0.2) is 0 Å². The van der Waals surface area contributed by atoms with Crippen molar-refractivity contribution < 1.29 is 19.1 Å². The smallest absolute Gasteiger partial charge is 0.271 e. The van der Waals surface area contributed by atoms with Gasteiger partial charge in [0.05, 0.1) is 7.11 Å². The SMILES string of the molecule is COc1ccc(-c2noc(C(Oc3ccccc3)C(C)(C)O)n2)cc1. The van der Waals surface area contributed by atoms with E-state index in [9.17, 15) is 5.11 Å². The lowest BCUT2D eigenvalue weighted by Gasteiger charge is -2.26. The van der Waals surface area contributed by atoms with Crippen molar-refractivity contribution in [2.45, 2.75) is 25.6 Å². The predicted octanol–water partition coefficient (Wildman–Crippen LogP) is 3.64. The fourth-order valence-corrected chi connectivity index (χ4v) is 2.33. The molecular formula is C19H20N2O4. The molecule has 6 nitrogen and oxygen atoms in total. The van der Waals surface area contributed by atoms with Gasteiger partial charge in [-0.25, -0.2) is 0 Å². The lowest BCUT2D eigenvalue weighted by molar-refractivity contribution is -0.0495. The lowest BCUT2D eigenvalue weighted by atomic mass is 10.0. The third kappa shape index (κ3) is 3.97. The van der Waals surface area contributed by atoms with Gasteiger partial charge in [0.25, 0.3) is 5.89 Å². The predicted molar refractivity (Wildman–Crippen MR) is 92.4 cm³/mol. The molecule has 0 fully saturated rings. The van der Waals surface area contributed by atoms with Crippen molar-refractivity contribution in [3.8, 4) is 22.9 Å². The molecule has 1 unspecified atom stereocenters. The molecule has 0 radical (unpaired) electrons. The molecule has 6 heteroatoms. The van der Waals surface area contributed by atoms with Gasteiger partial charge in [-0.3, -0.25) is 0 Å². The number of rotatable bonds is 6. The Morgan fingerprint density at radius 3 is 2.28 bits per heavy atom. The Balaban J connectivity index is 1.88. The molecule has 0 aliphatic rings. The Morgan fingerprint density at radius 1 is 1.00 bits per heavy atom. The van der Waals surface area contributed by atoms with Crippen molar-refractivity contribution in [2.75, 3.05) is 7.11 Å². The normalized spacial score (nSPS) is 12.6. The largest absolute Gasteiger partial charge is 0.497 e. The van der Waals surface area contributed by atoms with Crippen LogP contribution in [-0.4, -0.2) is 28.0 Å². The van der Waals surface area contributed by atoms with Gasteiger partial charge in [-0.05, 0) is 50.2 Å². The van der Waals surface area contributed by atoms with Crippen LogP contribution in [0.15, 0.2) is 59.1 Å². The summed E-state index contributed by atoms with van der Waals surface area (Å²) in [6.07, 6.45) is -0.797. The van der Waals surface area contributed by atoms with E-state index in [4.69, 9.17) is 14.0 Å². The Bertz CT molecular complexity index is 807. The van der Waals surface area contributed by atoms with Gasteiger partial charge in [0.2, 0.25) is 11.9 Å². The van der Waals surface area contributed by atoms with Crippen LogP contribution in [0.1, 0.15) is 25.8 Å². The number of aromatic nitrogens is 2. The molecule has 0 saturated carbocycles. The second kappa shape index (κ2) is 6.94. The highest BCUT2D eigenvalue weighted by Crippen LogP contribution is 2.31. The van der Waals surface area contributed by atoms with Gasteiger partial charge in [0, 0.05) is 5.56 Å². The van der Waals surface area contributed by atoms with E-state index in [1.165, 1.54) is 0 Å². The van der Waals surface area contributed by atoms with Crippen molar-refractivity contribution in [1.82, 2.24) is 10.1 Å². The Hall–Kier alpha value is -2.86. The molecule has 1 heterocycles. The second-order valence-corrected chi connectivity index (χ2v) is 6.15. The van der Waals surface area contributed by atoms with Crippen molar-refractivity contribution >= 4 is 0 Å². The number of nitrogens with zero attached hydrogens (tertiary/aromatic N) is 2. The van der Waals surface area contributed by atoms with Gasteiger partial charge in [-0.2, -0.15) is 4.98 Å². The van der Waals surface area contributed by atoms with Crippen LogP contribution in [0.25, 0.3) is 11.4 Å². The standard InChI is InChI=1S/C19H20N2O4/c1-19(2,22)16(24-15-7-5-4-6-8-15)18-20-17(21-25-18)13-9-11-14(23-3)12-10-13/h4-12,16,22H,1-3H3. The molecule has 1 atom stereocenters. The molecule has 3 aromatic rings. The number of ether oxygens (including phenoxy) is 2. The van der Waals surface area contributed by atoms with E-state index < -0.39 is 11.7 Å². The molecule has 0 aliphatic carbocycles. The van der Waals surface area contributed by atoms with Gasteiger partial charge in [-0.15, -0.1) is 0 Å². The summed E-state index contributed by atoms with van der Waals surface area (Å²) in [6, 6.07) is 16.5. The average molecular weight is 340 g/mol. The van der Waals surface area contributed by atoms with E-state index >= 15 is 0 Å². The second-order valence-electron chi connectivity index (χ2n) is 6.15. The first kappa shape index (κ1) is 17.0. The number of benzene rings is 2. The van der Waals surface area contributed by atoms with E-state index in [0.717, 1.165) is 11.3 Å². The first-order valence-electron chi connectivity index (χ1n) is 7.89. The zero-order chi connectivity index (χ0) is 17.9. The Kier molecular flexibility index (Phi) is 4.72. The first-order valence-corrected chi connectivity index (χ1v) is 7.89. The van der Waals surface area contributed by atoms with Gasteiger partial charge >= 0.3 is 0 Å². The highest BCUT2D eigenvalue weighted by molar-refractivity contribution is 5.55. The van der Waals surface area contributed by atoms with Gasteiger partial charge in [-0.1, -0.05) is 23.4 Å². The Labute approximate surface area is 146 Å². The van der Waals surface area contributed by atoms with E-state index in [1.54, 1.807) is 33.1 Å². The maximum Gasteiger partial charge on any atom is 0.271 e. The number of hydrogen-bond donors (Lipinski definition) is 1. The molecule has 1 N–H and O–H groups in total. The maximum absolute atomic E-state index is 10.5. The van der Waals surface area contributed by atoms with Crippen molar-refractivity contribution in [2.24, 2.45) is 0 Å². The fraction of sp³-hybridized carbons (Fsp3) is 0.263. The summed E-state index contributed by atoms with van der Waals surface area (Å²) in [5, 5.41) is 14.5. The molecule has 0 aliphatic heterocycles. The van der Waals surface area contributed by atoms with Gasteiger partial charge < -0.3 is 19.1 Å². The van der Waals surface area contributed by atoms with Crippen molar-refractivity contribution in [3.63, 3.8) is 0 Å². The number of aliphatic hydroxyl groups is 1. The number of para-hydroxylation sites is 1. The minimum Gasteiger partial charge on any atom is -0.497 e. The lowest BCUT2D eigenvalue weighted by Crippen LogP contribution is -2.33. The first-order chi connectivity index (χ1) is 12.0. The van der Waals surface area contributed by atoms with E-state index in [-0.39, 0.29) is 5.89 Å². The van der Waals surface area contributed by atoms with Crippen LogP contribution in [0.2, 0.25) is 0 Å². The molecular weight excluding hydrogens is 320 g/mol. The highest BCUT2D eigenvalue weighted by atomic mass is 16.5. The molecule has 25 heavy (non-hydrogen) atoms. The van der Waals surface area contributed by atoms with Crippen LogP contribution < -0.4 is 9.47 Å². The van der Waals surface area contributed by atoms with E-state index in [1.807, 2.05) is 42.5 Å². The zero-order valence-corrected chi connectivity index (χ0v) is 14.3. The molecule has 130 valence electrons. The summed E-state index contributed by atoms with van der Waals surface area (Å²) in [7, 11) is 1.61. The molecule has 2 aromatic carbocycles. The summed E-state index contributed by atoms with van der Waals surface area (Å²) >= 11 is 0. The van der Waals surface area contributed by atoms with E-state index in [2.05, 4.69) is 10.1 Å². The van der Waals surface area contributed by atoms with Crippen LogP contribution >= 0.6 is 0 Å². The van der Waals surface area contributed by atoms with Crippen LogP contribution in [0.5, 0.6) is 11.5 Å². The summed E-state index contributed by atoms with van der Waals surface area (Å²) in [5.41, 5.74) is -0.426.